The maximum absolute atomic E-state index is 12.1. The molecule has 0 bridgehead atoms. The van der Waals surface area contributed by atoms with E-state index >= 15 is 0 Å². The van der Waals surface area contributed by atoms with Crippen LogP contribution in [0.5, 0.6) is 0 Å². The highest BCUT2D eigenvalue weighted by Crippen LogP contribution is 2.28. The van der Waals surface area contributed by atoms with Crippen LogP contribution in [0.1, 0.15) is 5.56 Å². The molecule has 0 fully saturated rings. The van der Waals surface area contributed by atoms with Crippen molar-refractivity contribution < 1.29 is 13.5 Å². The molecular formula is C10H9BrClN3O3S. The van der Waals surface area contributed by atoms with Crippen molar-refractivity contribution in [1.29, 1.82) is 0 Å². The predicted molar refractivity (Wildman–Crippen MR) is 74.5 cm³/mol. The summed E-state index contributed by atoms with van der Waals surface area (Å²) in [5.41, 5.74) is 0.483. The van der Waals surface area contributed by atoms with Gasteiger partial charge < -0.3 is 5.11 Å². The Morgan fingerprint density at radius 2 is 2.21 bits per heavy atom. The number of nitrogens with zero attached hydrogens (tertiary/aromatic N) is 1. The fourth-order valence-electron chi connectivity index (χ4n) is 1.42. The molecule has 0 aliphatic carbocycles. The van der Waals surface area contributed by atoms with E-state index in [0.717, 1.165) is 0 Å². The second-order valence-corrected chi connectivity index (χ2v) is 6.52. The van der Waals surface area contributed by atoms with Crippen LogP contribution in [0.25, 0.3) is 0 Å². The van der Waals surface area contributed by atoms with Gasteiger partial charge in [0, 0.05) is 15.1 Å². The molecule has 0 atom stereocenters. The number of aliphatic hydroxyl groups excluding tert-OH is 1. The first-order chi connectivity index (χ1) is 8.94. The Hall–Kier alpha value is -1.09. The van der Waals surface area contributed by atoms with Crippen molar-refractivity contribution in [3.63, 3.8) is 0 Å². The summed E-state index contributed by atoms with van der Waals surface area (Å²) in [6, 6.07) is 4.72. The van der Waals surface area contributed by atoms with Crippen LogP contribution in [-0.2, 0) is 16.6 Å². The highest BCUT2D eigenvalue weighted by atomic mass is 79.9. The van der Waals surface area contributed by atoms with Gasteiger partial charge in [-0.05, 0) is 34.1 Å². The second-order valence-electron chi connectivity index (χ2n) is 3.61. The Bertz CT molecular complexity index is 702. The number of benzene rings is 1. The number of H-pyrrole nitrogens is 1. The van der Waals surface area contributed by atoms with Crippen LogP contribution < -0.4 is 4.72 Å². The number of aliphatic hydroxyl groups is 1. The smallest absolute Gasteiger partial charge is 0.279 e. The number of hydrogen-bond donors (Lipinski definition) is 3. The van der Waals surface area contributed by atoms with Crippen molar-refractivity contribution in [2.75, 3.05) is 4.72 Å². The summed E-state index contributed by atoms with van der Waals surface area (Å²) in [5, 5.41) is 15.2. The van der Waals surface area contributed by atoms with E-state index < -0.39 is 16.6 Å². The molecule has 0 amide bonds. The van der Waals surface area contributed by atoms with Crippen molar-refractivity contribution in [1.82, 2.24) is 10.2 Å². The number of sulfonamides is 1. The molecule has 0 spiro atoms. The SMILES string of the molecule is O=S(=O)(Nc1cc(Cl)ccc1Br)c1[nH]ncc1CO. The van der Waals surface area contributed by atoms with E-state index in [0.29, 0.717) is 15.2 Å². The largest absolute Gasteiger partial charge is 0.392 e. The first-order valence-corrected chi connectivity index (χ1v) is 7.70. The molecule has 2 rings (SSSR count). The van der Waals surface area contributed by atoms with E-state index in [1.54, 1.807) is 12.1 Å². The van der Waals surface area contributed by atoms with Crippen molar-refractivity contribution in [3.05, 3.63) is 39.5 Å². The van der Waals surface area contributed by atoms with Crippen LogP contribution in [0.2, 0.25) is 5.02 Å². The van der Waals surface area contributed by atoms with E-state index in [1.807, 2.05) is 0 Å². The second kappa shape index (κ2) is 5.49. The van der Waals surface area contributed by atoms with Gasteiger partial charge in [-0.1, -0.05) is 11.6 Å². The zero-order chi connectivity index (χ0) is 14.0. The minimum atomic E-state index is -3.87. The molecule has 0 radical (unpaired) electrons. The van der Waals surface area contributed by atoms with Gasteiger partial charge in [0.25, 0.3) is 10.0 Å². The van der Waals surface area contributed by atoms with E-state index in [-0.39, 0.29) is 10.6 Å². The van der Waals surface area contributed by atoms with Gasteiger partial charge in [0.05, 0.1) is 18.5 Å². The van der Waals surface area contributed by atoms with Crippen molar-refractivity contribution >= 4 is 43.2 Å². The Morgan fingerprint density at radius 3 is 2.89 bits per heavy atom. The summed E-state index contributed by atoms with van der Waals surface area (Å²) >= 11 is 9.03. The maximum atomic E-state index is 12.1. The van der Waals surface area contributed by atoms with Gasteiger partial charge in [-0.25, -0.2) is 0 Å². The minimum Gasteiger partial charge on any atom is -0.392 e. The van der Waals surface area contributed by atoms with Gasteiger partial charge >= 0.3 is 0 Å². The van der Waals surface area contributed by atoms with E-state index in [2.05, 4.69) is 30.8 Å². The standard InChI is InChI=1S/C10H9BrClN3O3S/c11-8-2-1-7(12)3-9(8)15-19(17,18)10-6(5-16)4-13-14-10/h1-4,15-16H,5H2,(H,13,14). The third kappa shape index (κ3) is 3.08. The zero-order valence-corrected chi connectivity index (χ0v) is 12.6. The zero-order valence-electron chi connectivity index (χ0n) is 9.39. The summed E-state index contributed by atoms with van der Waals surface area (Å²) in [4.78, 5) is 0. The van der Waals surface area contributed by atoms with Crippen molar-refractivity contribution in [3.8, 4) is 0 Å². The molecule has 0 saturated heterocycles. The summed E-state index contributed by atoms with van der Waals surface area (Å²) in [6.45, 7) is -0.427. The highest BCUT2D eigenvalue weighted by molar-refractivity contribution is 9.10. The molecule has 1 heterocycles. The lowest BCUT2D eigenvalue weighted by Gasteiger charge is -2.09. The van der Waals surface area contributed by atoms with Crippen molar-refractivity contribution in [2.45, 2.75) is 11.6 Å². The van der Waals surface area contributed by atoms with Crippen molar-refractivity contribution in [2.24, 2.45) is 0 Å². The molecule has 0 saturated carbocycles. The number of rotatable bonds is 4. The average Bonchev–Trinajstić information content (AvgIpc) is 2.82. The third-order valence-electron chi connectivity index (χ3n) is 2.29. The monoisotopic (exact) mass is 365 g/mol. The lowest BCUT2D eigenvalue weighted by molar-refractivity contribution is 0.278. The molecule has 3 N–H and O–H groups in total. The van der Waals surface area contributed by atoms with Crippen LogP contribution in [0, 0.1) is 0 Å². The highest BCUT2D eigenvalue weighted by Gasteiger charge is 2.21. The Balaban J connectivity index is 2.39. The van der Waals surface area contributed by atoms with Gasteiger partial charge in [0.2, 0.25) is 0 Å². The third-order valence-corrected chi connectivity index (χ3v) is 4.60. The summed E-state index contributed by atoms with van der Waals surface area (Å²) in [5.74, 6) is 0. The molecule has 19 heavy (non-hydrogen) atoms. The van der Waals surface area contributed by atoms with Crippen LogP contribution in [0.4, 0.5) is 5.69 Å². The summed E-state index contributed by atoms with van der Waals surface area (Å²) in [7, 11) is -3.87. The van der Waals surface area contributed by atoms with Gasteiger partial charge in [0.1, 0.15) is 0 Å². The number of hydrogen-bond acceptors (Lipinski definition) is 4. The molecule has 9 heteroatoms. The normalized spacial score (nSPS) is 11.5. The van der Waals surface area contributed by atoms with Gasteiger partial charge in [-0.15, -0.1) is 0 Å². The molecule has 102 valence electrons. The molecule has 1 aromatic heterocycles. The number of anilines is 1. The lowest BCUT2D eigenvalue weighted by atomic mass is 10.3. The Morgan fingerprint density at radius 1 is 1.47 bits per heavy atom. The fourth-order valence-corrected chi connectivity index (χ4v) is 3.26. The predicted octanol–water partition coefficient (Wildman–Crippen LogP) is 2.12. The first kappa shape index (κ1) is 14.3. The number of halogens is 2. The number of aromatic nitrogens is 2. The molecule has 2 aromatic rings. The molecular weight excluding hydrogens is 358 g/mol. The van der Waals surface area contributed by atoms with Gasteiger partial charge in [-0.3, -0.25) is 9.82 Å². The Labute approximate surface area is 123 Å². The van der Waals surface area contributed by atoms with Crippen LogP contribution in [-0.4, -0.2) is 23.7 Å². The first-order valence-electron chi connectivity index (χ1n) is 5.05. The van der Waals surface area contributed by atoms with Crippen LogP contribution >= 0.6 is 27.5 Å². The fraction of sp³-hybridized carbons (Fsp3) is 0.100. The molecule has 0 aliphatic rings. The molecule has 0 aliphatic heterocycles. The summed E-state index contributed by atoms with van der Waals surface area (Å²) < 4.78 is 27.2. The molecule has 1 aromatic carbocycles. The number of nitrogens with one attached hydrogen (secondary N) is 2. The van der Waals surface area contributed by atoms with E-state index in [4.69, 9.17) is 16.7 Å². The quantitative estimate of drug-likeness (QED) is 0.772. The van der Waals surface area contributed by atoms with Gasteiger partial charge in [0.15, 0.2) is 5.03 Å². The lowest BCUT2D eigenvalue weighted by Crippen LogP contribution is -2.15. The van der Waals surface area contributed by atoms with E-state index in [1.165, 1.54) is 12.3 Å². The maximum Gasteiger partial charge on any atom is 0.279 e. The van der Waals surface area contributed by atoms with E-state index in [9.17, 15) is 8.42 Å². The van der Waals surface area contributed by atoms with Gasteiger partial charge in [-0.2, -0.15) is 13.5 Å². The topological polar surface area (TPSA) is 95.1 Å². The molecule has 0 unspecified atom stereocenters. The average molecular weight is 367 g/mol. The number of aromatic amines is 1. The van der Waals surface area contributed by atoms with Crippen LogP contribution in [0.3, 0.4) is 0 Å². The Kier molecular flexibility index (Phi) is 4.14. The molecule has 6 nitrogen and oxygen atoms in total. The van der Waals surface area contributed by atoms with Crippen LogP contribution in [0.15, 0.2) is 33.9 Å². The summed E-state index contributed by atoms with van der Waals surface area (Å²) in [6.07, 6.45) is 1.25. The minimum absolute atomic E-state index is 0.179.